The molecule has 2 aromatic heterocycles. The molecule has 0 aliphatic carbocycles. The van der Waals surface area contributed by atoms with Crippen LogP contribution in [0, 0.1) is 11.6 Å². The van der Waals surface area contributed by atoms with Gasteiger partial charge in [-0.1, -0.05) is 0 Å². The van der Waals surface area contributed by atoms with Crippen LogP contribution in [0.15, 0.2) is 30.6 Å². The zero-order valence-electron chi connectivity index (χ0n) is 12.7. The van der Waals surface area contributed by atoms with E-state index in [1.54, 1.807) is 0 Å². The molecule has 0 radical (unpaired) electrons. The first-order chi connectivity index (χ1) is 11.6. The summed E-state index contributed by atoms with van der Waals surface area (Å²) in [4.78, 5) is 4.24. The standard InChI is InChI=1S/C16H15F2N5O/c17-11-8-15(24)12(18)7-14(11)22-5-3-20-16(22)13-6-10-9-19-2-1-4-23(10)21-13/h3,5-8,19,24H,1-2,4,9H2. The van der Waals surface area contributed by atoms with Gasteiger partial charge < -0.3 is 10.4 Å². The highest BCUT2D eigenvalue weighted by Crippen LogP contribution is 2.27. The summed E-state index contributed by atoms with van der Waals surface area (Å²) in [5.41, 5.74) is 1.58. The van der Waals surface area contributed by atoms with Crippen molar-refractivity contribution in [3.05, 3.63) is 47.9 Å². The van der Waals surface area contributed by atoms with Gasteiger partial charge in [0.1, 0.15) is 5.69 Å². The fourth-order valence-corrected chi connectivity index (χ4v) is 2.87. The number of nitrogens with zero attached hydrogens (tertiary/aromatic N) is 4. The van der Waals surface area contributed by atoms with Gasteiger partial charge in [0.2, 0.25) is 0 Å². The first-order valence-electron chi connectivity index (χ1n) is 7.63. The summed E-state index contributed by atoms with van der Waals surface area (Å²) in [6, 6.07) is 3.59. The van der Waals surface area contributed by atoms with E-state index in [9.17, 15) is 13.9 Å². The van der Waals surface area contributed by atoms with E-state index in [-0.39, 0.29) is 5.69 Å². The second kappa shape index (κ2) is 5.72. The minimum absolute atomic E-state index is 0.0286. The third kappa shape index (κ3) is 2.44. The molecule has 6 nitrogen and oxygen atoms in total. The number of phenolic OH excluding ortho intramolecular Hbond substituents is 1. The number of fused-ring (bicyclic) bond motifs is 1. The highest BCUT2D eigenvalue weighted by Gasteiger charge is 2.18. The maximum atomic E-state index is 14.2. The molecule has 0 fully saturated rings. The molecule has 8 heteroatoms. The van der Waals surface area contributed by atoms with Crippen molar-refractivity contribution in [3.8, 4) is 23.0 Å². The van der Waals surface area contributed by atoms with Crippen molar-refractivity contribution in [3.63, 3.8) is 0 Å². The van der Waals surface area contributed by atoms with Gasteiger partial charge in [-0.25, -0.2) is 13.8 Å². The van der Waals surface area contributed by atoms with Gasteiger partial charge in [-0.3, -0.25) is 9.25 Å². The Hall–Kier alpha value is -2.74. The number of aryl methyl sites for hydroxylation is 1. The number of aromatic nitrogens is 4. The lowest BCUT2D eigenvalue weighted by Gasteiger charge is -2.08. The SMILES string of the molecule is Oc1cc(F)c(-n2ccnc2-c2cc3n(n2)CCCNC3)cc1F. The predicted octanol–water partition coefficient (Wildman–Crippen LogP) is 2.21. The smallest absolute Gasteiger partial charge is 0.167 e. The van der Waals surface area contributed by atoms with Crippen molar-refractivity contribution in [1.82, 2.24) is 24.6 Å². The van der Waals surface area contributed by atoms with Crippen molar-refractivity contribution in [1.29, 1.82) is 0 Å². The molecule has 1 aliphatic rings. The van der Waals surface area contributed by atoms with Crippen LogP contribution in [0.5, 0.6) is 5.75 Å². The lowest BCUT2D eigenvalue weighted by Crippen LogP contribution is -2.11. The van der Waals surface area contributed by atoms with Crippen LogP contribution in [-0.2, 0) is 13.1 Å². The van der Waals surface area contributed by atoms with Crippen LogP contribution in [0.2, 0.25) is 0 Å². The Morgan fingerprint density at radius 1 is 1.17 bits per heavy atom. The first-order valence-corrected chi connectivity index (χ1v) is 7.63. The molecule has 1 aromatic carbocycles. The van der Waals surface area contributed by atoms with Crippen molar-refractivity contribution in [2.75, 3.05) is 6.54 Å². The van der Waals surface area contributed by atoms with Crippen molar-refractivity contribution in [2.45, 2.75) is 19.5 Å². The highest BCUT2D eigenvalue weighted by molar-refractivity contribution is 5.55. The van der Waals surface area contributed by atoms with Crippen molar-refractivity contribution >= 4 is 0 Å². The lowest BCUT2D eigenvalue weighted by molar-refractivity contribution is 0.426. The van der Waals surface area contributed by atoms with Gasteiger partial charge >= 0.3 is 0 Å². The van der Waals surface area contributed by atoms with Crippen molar-refractivity contribution in [2.24, 2.45) is 0 Å². The molecule has 124 valence electrons. The molecule has 0 bridgehead atoms. The van der Waals surface area contributed by atoms with Crippen LogP contribution in [0.3, 0.4) is 0 Å². The van der Waals surface area contributed by atoms with E-state index < -0.39 is 17.4 Å². The Labute approximate surface area is 136 Å². The Bertz CT molecular complexity index is 879. The average molecular weight is 331 g/mol. The molecular weight excluding hydrogens is 316 g/mol. The number of phenols is 1. The largest absolute Gasteiger partial charge is 0.505 e. The molecule has 3 aromatic rings. The lowest BCUT2D eigenvalue weighted by atomic mass is 10.2. The van der Waals surface area contributed by atoms with E-state index in [1.165, 1.54) is 17.0 Å². The number of benzene rings is 1. The molecule has 0 unspecified atom stereocenters. The van der Waals surface area contributed by atoms with Crippen molar-refractivity contribution < 1.29 is 13.9 Å². The van der Waals surface area contributed by atoms with Gasteiger partial charge in [-0.05, 0) is 19.0 Å². The summed E-state index contributed by atoms with van der Waals surface area (Å²) in [7, 11) is 0. The molecule has 0 amide bonds. The fourth-order valence-electron chi connectivity index (χ4n) is 2.87. The van der Waals surface area contributed by atoms with Crippen LogP contribution in [-0.4, -0.2) is 31.0 Å². The average Bonchev–Trinajstić information content (AvgIpc) is 3.13. The summed E-state index contributed by atoms with van der Waals surface area (Å²) in [6.45, 7) is 2.44. The van der Waals surface area contributed by atoms with Crippen LogP contribution in [0.1, 0.15) is 12.1 Å². The number of aromatic hydroxyl groups is 1. The van der Waals surface area contributed by atoms with Gasteiger partial charge in [0.15, 0.2) is 23.2 Å². The number of hydrogen-bond donors (Lipinski definition) is 2. The zero-order valence-corrected chi connectivity index (χ0v) is 12.7. The van der Waals surface area contributed by atoms with Gasteiger partial charge in [-0.2, -0.15) is 5.10 Å². The highest BCUT2D eigenvalue weighted by atomic mass is 19.1. The monoisotopic (exact) mass is 331 g/mol. The molecule has 0 atom stereocenters. The molecule has 0 spiro atoms. The van der Waals surface area contributed by atoms with E-state index in [2.05, 4.69) is 15.4 Å². The minimum atomic E-state index is -0.893. The molecule has 3 heterocycles. The van der Waals surface area contributed by atoms with E-state index in [4.69, 9.17) is 0 Å². The Balaban J connectivity index is 1.80. The molecule has 4 rings (SSSR count). The van der Waals surface area contributed by atoms with Gasteiger partial charge in [-0.15, -0.1) is 0 Å². The second-order valence-corrected chi connectivity index (χ2v) is 5.65. The number of rotatable bonds is 2. The third-order valence-electron chi connectivity index (χ3n) is 4.04. The first kappa shape index (κ1) is 14.8. The molecule has 2 N–H and O–H groups in total. The summed E-state index contributed by atoms with van der Waals surface area (Å²) < 4.78 is 31.1. The van der Waals surface area contributed by atoms with Crippen LogP contribution in [0.25, 0.3) is 17.2 Å². The van der Waals surface area contributed by atoms with E-state index in [1.807, 2.05) is 10.7 Å². The van der Waals surface area contributed by atoms with Gasteiger partial charge in [0.05, 0.1) is 11.4 Å². The van der Waals surface area contributed by atoms with Gasteiger partial charge in [0.25, 0.3) is 0 Å². The molecule has 24 heavy (non-hydrogen) atoms. The van der Waals surface area contributed by atoms with Gasteiger partial charge in [0, 0.05) is 37.6 Å². The number of nitrogens with one attached hydrogen (secondary N) is 1. The zero-order chi connectivity index (χ0) is 16.7. The summed E-state index contributed by atoms with van der Waals surface area (Å²) in [5.74, 6) is -1.94. The summed E-state index contributed by atoms with van der Waals surface area (Å²) in [5, 5.41) is 17.1. The Morgan fingerprint density at radius 2 is 2.04 bits per heavy atom. The molecule has 1 aliphatic heterocycles. The fraction of sp³-hybridized carbons (Fsp3) is 0.250. The maximum absolute atomic E-state index is 14.2. The van der Waals surface area contributed by atoms with Crippen LogP contribution >= 0.6 is 0 Å². The normalized spacial score (nSPS) is 14.4. The number of hydrogen-bond acceptors (Lipinski definition) is 4. The Morgan fingerprint density at radius 3 is 2.92 bits per heavy atom. The minimum Gasteiger partial charge on any atom is -0.505 e. The number of imidazole rings is 1. The summed E-state index contributed by atoms with van der Waals surface area (Å²) >= 11 is 0. The summed E-state index contributed by atoms with van der Waals surface area (Å²) in [6.07, 6.45) is 4.01. The number of halogens is 2. The topological polar surface area (TPSA) is 67.9 Å². The molecule has 0 saturated heterocycles. The third-order valence-corrected chi connectivity index (χ3v) is 4.04. The molecule has 0 saturated carbocycles. The van der Waals surface area contributed by atoms with E-state index >= 15 is 0 Å². The quantitative estimate of drug-likeness (QED) is 0.755. The predicted molar refractivity (Wildman–Crippen MR) is 82.7 cm³/mol. The van der Waals surface area contributed by atoms with Crippen LogP contribution < -0.4 is 5.32 Å². The van der Waals surface area contributed by atoms with Crippen LogP contribution in [0.4, 0.5) is 8.78 Å². The van der Waals surface area contributed by atoms with E-state index in [0.717, 1.165) is 37.3 Å². The maximum Gasteiger partial charge on any atom is 0.167 e. The second-order valence-electron chi connectivity index (χ2n) is 5.65. The molecular formula is C16H15F2N5O. The van der Waals surface area contributed by atoms with E-state index in [0.29, 0.717) is 18.1 Å². The Kier molecular flexibility index (Phi) is 3.53.